The Hall–Kier alpha value is -13.9. The fourth-order valence-electron chi connectivity index (χ4n) is 18.3. The van der Waals surface area contributed by atoms with Crippen molar-refractivity contribution in [3.8, 4) is 5.75 Å². The van der Waals surface area contributed by atoms with Gasteiger partial charge in [-0.1, -0.05) is 129 Å². The van der Waals surface area contributed by atoms with Crippen LogP contribution in [-0.4, -0.2) is 167 Å². The van der Waals surface area contributed by atoms with Gasteiger partial charge in [0, 0.05) is 107 Å². The Morgan fingerprint density at radius 1 is 0.374 bits per heavy atom. The summed E-state index contributed by atoms with van der Waals surface area (Å²) in [6, 6.07) is 51.4. The number of imidazole rings is 5. The third kappa shape index (κ3) is 25.2. The number of rotatable bonds is 35. The van der Waals surface area contributed by atoms with E-state index in [1.54, 1.807) is 108 Å². The first-order valence-electron chi connectivity index (χ1n) is 49.3. The summed E-state index contributed by atoms with van der Waals surface area (Å²) < 4.78 is 71.7. The average molecular weight is 1890 g/mol. The molecule has 0 aliphatic heterocycles. The fourth-order valence-corrected chi connectivity index (χ4v) is 18.3. The molecule has 0 radical (unpaired) electrons. The largest absolute Gasteiger partial charge is 0.497 e. The van der Waals surface area contributed by atoms with E-state index in [1.165, 1.54) is 105 Å². The van der Waals surface area contributed by atoms with Crippen molar-refractivity contribution in [2.24, 2.45) is 17.8 Å². The lowest BCUT2D eigenvalue weighted by Gasteiger charge is -2.26. The summed E-state index contributed by atoms with van der Waals surface area (Å²) >= 11 is 0. The second-order valence-corrected chi connectivity index (χ2v) is 36.9. The van der Waals surface area contributed by atoms with Gasteiger partial charge in [-0.2, -0.15) is 0 Å². The molecule has 26 nitrogen and oxygen atoms in total. The predicted octanol–water partition coefficient (Wildman–Crippen LogP) is 22.1. The molecule has 726 valence electrons. The van der Waals surface area contributed by atoms with Crippen LogP contribution in [0.5, 0.6) is 5.75 Å². The quantitative estimate of drug-likeness (QED) is 0.0264. The molecule has 0 bridgehead atoms. The number of carbonyl (C=O) groups excluding carboxylic acids is 5. The number of hydrogen-bond acceptors (Lipinski definition) is 16. The lowest BCUT2D eigenvalue weighted by Crippen LogP contribution is -2.35. The minimum atomic E-state index is -0.507. The van der Waals surface area contributed by atoms with Gasteiger partial charge in [0.1, 0.15) is 85.7 Å². The van der Waals surface area contributed by atoms with Crippen LogP contribution in [0.15, 0.2) is 213 Å². The van der Waals surface area contributed by atoms with Crippen LogP contribution in [-0.2, 0) is 52.4 Å². The molecule has 10 heterocycles. The molecule has 0 unspecified atom stereocenters. The van der Waals surface area contributed by atoms with Gasteiger partial charge in [-0.3, -0.25) is 24.0 Å². The van der Waals surface area contributed by atoms with E-state index >= 15 is 0 Å². The molecule has 0 spiro atoms. The number of methoxy groups -OCH3 is 1. The Kier molecular flexibility index (Phi) is 34.3. The van der Waals surface area contributed by atoms with Crippen LogP contribution in [0, 0.1) is 41.0 Å². The van der Waals surface area contributed by atoms with E-state index in [4.69, 9.17) is 24.7 Å². The maximum absolute atomic E-state index is 14.3. The normalized spacial score (nSPS) is 13.6. The van der Waals surface area contributed by atoms with Crippen molar-refractivity contribution in [1.82, 2.24) is 97.2 Å². The molecule has 19 rings (SSSR count). The molecule has 4 aliphatic rings. The maximum Gasteiger partial charge on any atom is 0.257 e. The molecule has 5 aromatic carbocycles. The molecule has 4 fully saturated rings. The van der Waals surface area contributed by atoms with Crippen LogP contribution in [0.25, 0.3) is 55.8 Å². The number of halogens is 4. The minimum absolute atomic E-state index is 0.000544. The van der Waals surface area contributed by atoms with E-state index in [0.29, 0.717) is 106 Å². The lowest BCUT2D eigenvalue weighted by molar-refractivity contribution is 0.0711. The van der Waals surface area contributed by atoms with E-state index in [1.807, 2.05) is 96.9 Å². The number of unbranched alkanes of at least 4 members (excludes halogenated alkanes) is 3. The molecule has 10 aromatic heterocycles. The van der Waals surface area contributed by atoms with Gasteiger partial charge in [0.2, 0.25) is 0 Å². The number of carbonyl (C=O) groups is 5. The number of fused-ring (bicyclic) bond motifs is 5. The number of aryl methyl sites for hydroxylation is 1. The van der Waals surface area contributed by atoms with E-state index in [0.717, 1.165) is 175 Å². The average Bonchev–Trinajstić information content (AvgIpc) is 1.61. The SMILES string of the molecule is CCCCCN(Cc1nc2cccnc2n1CCC)C(=O)c1ccccc1F.CCCCN(Cc1nc2cccnc2n1C1CCCC1)C(=O)c1ccccc1F.CCCN(Cc1nc2cccnc2n1CC1CC1)C(=O)c1ccc(F)cc1.CN(Cc1nc2cccnc2n1CC1CC1)C(=O)c1ccccc1F.COc1cccc(C(=O)N(Cc2nc3cccnc3n2C2CCCC2)CC(C)C)c1. The van der Waals surface area contributed by atoms with Crippen molar-refractivity contribution in [2.45, 2.75) is 228 Å². The highest BCUT2D eigenvalue weighted by Gasteiger charge is 2.33. The van der Waals surface area contributed by atoms with E-state index in [-0.39, 0.29) is 52.0 Å². The summed E-state index contributed by atoms with van der Waals surface area (Å²) in [7, 11) is 3.29. The van der Waals surface area contributed by atoms with E-state index < -0.39 is 17.5 Å². The Morgan fingerprint density at radius 2 is 0.763 bits per heavy atom. The summed E-state index contributed by atoms with van der Waals surface area (Å²) in [5.74, 6) is 3.72. The smallest absolute Gasteiger partial charge is 0.257 e. The van der Waals surface area contributed by atoms with Crippen molar-refractivity contribution in [1.29, 1.82) is 0 Å². The van der Waals surface area contributed by atoms with Gasteiger partial charge >= 0.3 is 0 Å². The number of benzene rings is 5. The highest BCUT2D eigenvalue weighted by atomic mass is 19.1. The van der Waals surface area contributed by atoms with Crippen molar-refractivity contribution in [3.05, 3.63) is 293 Å². The topological polar surface area (TPSA) is 264 Å². The number of pyridine rings is 5. The van der Waals surface area contributed by atoms with Crippen molar-refractivity contribution in [3.63, 3.8) is 0 Å². The van der Waals surface area contributed by atoms with Gasteiger partial charge in [0.25, 0.3) is 29.5 Å². The lowest BCUT2D eigenvalue weighted by atomic mass is 10.1. The van der Waals surface area contributed by atoms with Gasteiger partial charge in [-0.25, -0.2) is 67.4 Å². The van der Waals surface area contributed by atoms with Crippen LogP contribution < -0.4 is 4.74 Å². The van der Waals surface area contributed by atoms with Crippen molar-refractivity contribution in [2.75, 3.05) is 40.3 Å². The van der Waals surface area contributed by atoms with Crippen LogP contribution >= 0.6 is 0 Å². The fraction of sp³-hybridized carbons (Fsp3) is 0.404. The molecule has 4 aliphatic carbocycles. The predicted molar refractivity (Wildman–Crippen MR) is 531 cm³/mol. The van der Waals surface area contributed by atoms with Gasteiger partial charge in [0.05, 0.1) is 56.5 Å². The number of amides is 5. The molecule has 0 saturated heterocycles. The molecule has 5 amide bonds. The van der Waals surface area contributed by atoms with Gasteiger partial charge in [0.15, 0.2) is 28.2 Å². The second-order valence-electron chi connectivity index (χ2n) is 36.9. The van der Waals surface area contributed by atoms with Crippen molar-refractivity contribution < 1.29 is 46.3 Å². The zero-order chi connectivity index (χ0) is 97.4. The molecular formula is C109H126F4N20O6. The Morgan fingerprint density at radius 3 is 1.19 bits per heavy atom. The monoisotopic (exact) mass is 1890 g/mol. The number of hydrogen-bond donors (Lipinski definition) is 0. The van der Waals surface area contributed by atoms with E-state index in [9.17, 15) is 41.5 Å². The van der Waals surface area contributed by atoms with E-state index in [2.05, 4.69) is 87.4 Å². The van der Waals surface area contributed by atoms with Crippen LogP contribution in [0.3, 0.4) is 0 Å². The van der Waals surface area contributed by atoms with Crippen molar-refractivity contribution >= 4 is 85.4 Å². The molecule has 15 aromatic rings. The summed E-state index contributed by atoms with van der Waals surface area (Å²) in [5.41, 5.74) is 10.0. The molecule has 139 heavy (non-hydrogen) atoms. The van der Waals surface area contributed by atoms with Crippen LogP contribution in [0.4, 0.5) is 17.6 Å². The first kappa shape index (κ1) is 99.5. The maximum atomic E-state index is 14.3. The molecule has 0 atom stereocenters. The zero-order valence-electron chi connectivity index (χ0n) is 80.9. The van der Waals surface area contributed by atoms with Gasteiger partial charge in [-0.05, 0) is 234 Å². The van der Waals surface area contributed by atoms with Crippen LogP contribution in [0.2, 0.25) is 0 Å². The van der Waals surface area contributed by atoms with Crippen LogP contribution in [0.1, 0.15) is 257 Å². The molecule has 4 saturated carbocycles. The molecule has 30 heteroatoms. The number of nitrogens with zero attached hydrogens (tertiary/aromatic N) is 20. The minimum Gasteiger partial charge on any atom is -0.497 e. The summed E-state index contributed by atoms with van der Waals surface area (Å²) in [4.78, 5) is 120. The summed E-state index contributed by atoms with van der Waals surface area (Å²) in [6.07, 6.45) is 29.7. The highest BCUT2D eigenvalue weighted by molar-refractivity contribution is 5.97. The molecule has 0 N–H and O–H groups in total. The second kappa shape index (κ2) is 47.9. The Bertz CT molecular complexity index is 6670. The third-order valence-electron chi connectivity index (χ3n) is 25.7. The highest BCUT2D eigenvalue weighted by Crippen LogP contribution is 2.38. The third-order valence-corrected chi connectivity index (χ3v) is 25.7. The first-order chi connectivity index (χ1) is 67.7. The summed E-state index contributed by atoms with van der Waals surface area (Å²) in [6.45, 7) is 19.5. The van der Waals surface area contributed by atoms with Gasteiger partial charge < -0.3 is 52.1 Å². The Balaban J connectivity index is 0.000000132. The number of ether oxygens (including phenoxy) is 1. The zero-order valence-corrected chi connectivity index (χ0v) is 80.9. The molecular weight excluding hydrogens is 1760 g/mol. The van der Waals surface area contributed by atoms with Gasteiger partial charge in [-0.15, -0.1) is 0 Å². The summed E-state index contributed by atoms with van der Waals surface area (Å²) in [5, 5.41) is 0. The number of aromatic nitrogens is 15. The standard InChI is InChI=1S/C24H30N4O2.C23H27FN4O.C22H27FN4O.C21H23FN4O.C19H19FN4O/c1-17(2)15-27(24(29)18-8-6-11-20(14-18)30-3)16-22-26-21-12-7-13-25-23(21)28(22)19-9-4-5-10-19;1-2-3-15-27(23(29)18-11-6-7-12-19(18)24)16-21-26-20-13-8-14-25-22(20)28(21)17-9-4-5-10-17;1-3-5-8-15-26(22(28)17-10-6-7-11-18(17)23)16-20-25-19-12-9-13-24-21(19)27(20)14-4-2;1-2-12-25(21(27)16-7-9-17(22)10-8-16)14-19-24-18-4-3-11-23-20(18)26(19)13-15-5-6-15;1-23(19(25)14-5-2-3-6-15(14)20)12-17-22-16-7-4-10-21-18(16)24(17)11-13-8-9-13/h6-8,11-14,17,19H,4-5,9-10,15-16H2,1-3H3;6-8,11-14,17H,2-5,9-10,15-16H2,1H3;6-7,9-13H,3-5,8,14-16H2,1-2H3;3-4,7-11,15H,2,5-6,12-14H2,1H3;2-7,10,13H,8-9,11-12H2,1H3. The first-order valence-corrected chi connectivity index (χ1v) is 49.3. The Labute approximate surface area is 809 Å².